The van der Waals surface area contributed by atoms with Crippen LogP contribution in [-0.4, -0.2) is 73.8 Å². The van der Waals surface area contributed by atoms with Gasteiger partial charge in [0.15, 0.2) is 5.65 Å². The molecule has 3 aromatic heterocycles. The Morgan fingerprint density at radius 1 is 0.882 bits per heavy atom. The topological polar surface area (TPSA) is 102 Å². The highest BCUT2D eigenvalue weighted by Crippen LogP contribution is 2.37. The third-order valence-electron chi connectivity index (χ3n) is 7.42. The van der Waals surface area contributed by atoms with E-state index in [9.17, 15) is 0 Å². The van der Waals surface area contributed by atoms with Gasteiger partial charge in [0.05, 0.1) is 17.6 Å². The van der Waals surface area contributed by atoms with E-state index in [4.69, 9.17) is 15.2 Å². The van der Waals surface area contributed by atoms with Crippen molar-refractivity contribution in [2.45, 2.75) is 37.8 Å². The fourth-order valence-corrected chi connectivity index (χ4v) is 5.44. The molecule has 6 rings (SSSR count). The minimum atomic E-state index is 0.320. The molecule has 0 radical (unpaired) electrons. The molecule has 1 aliphatic carbocycles. The monoisotopic (exact) mass is 458 g/mol. The third-order valence-corrected chi connectivity index (χ3v) is 7.42. The fourth-order valence-electron chi connectivity index (χ4n) is 5.44. The molecule has 4 aromatic rings. The van der Waals surface area contributed by atoms with E-state index in [1.807, 2.05) is 24.3 Å². The number of nitrogens with two attached hydrogens (primary N) is 1. The standard InChI is InChI=1S/C25H30N8O/c1-31-11-13-32(14-12-31)19-6-8-20(9-7-19)33-24-21(23(26)28-16-29-24)22(30-33)17-2-4-18(5-3-17)25-27-10-15-34-25/h2-5,10,15-16,19-20H,6-9,11-14H2,1H3,(H2,26,28,29). The minimum Gasteiger partial charge on any atom is -0.445 e. The lowest BCUT2D eigenvalue weighted by Crippen LogP contribution is -2.49. The number of rotatable bonds is 4. The highest BCUT2D eigenvalue weighted by molar-refractivity contribution is 5.98. The summed E-state index contributed by atoms with van der Waals surface area (Å²) in [4.78, 5) is 18.2. The van der Waals surface area contributed by atoms with E-state index in [-0.39, 0.29) is 0 Å². The number of hydrogen-bond donors (Lipinski definition) is 1. The van der Waals surface area contributed by atoms with E-state index in [0.29, 0.717) is 23.8 Å². The Morgan fingerprint density at radius 2 is 1.59 bits per heavy atom. The summed E-state index contributed by atoms with van der Waals surface area (Å²) >= 11 is 0. The van der Waals surface area contributed by atoms with Crippen LogP contribution in [0.15, 0.2) is 47.5 Å². The van der Waals surface area contributed by atoms with Gasteiger partial charge in [-0.2, -0.15) is 5.10 Å². The minimum absolute atomic E-state index is 0.320. The van der Waals surface area contributed by atoms with E-state index in [1.54, 1.807) is 18.8 Å². The molecule has 176 valence electrons. The van der Waals surface area contributed by atoms with Crippen molar-refractivity contribution in [3.63, 3.8) is 0 Å². The van der Waals surface area contributed by atoms with Gasteiger partial charge in [0.2, 0.25) is 5.89 Å². The summed E-state index contributed by atoms with van der Waals surface area (Å²) in [5.41, 5.74) is 9.88. The van der Waals surface area contributed by atoms with E-state index < -0.39 is 0 Å². The number of likely N-dealkylation sites (N-methyl/N-ethyl adjacent to an activating group) is 1. The molecule has 0 amide bonds. The van der Waals surface area contributed by atoms with Gasteiger partial charge in [0.25, 0.3) is 0 Å². The van der Waals surface area contributed by atoms with Crippen molar-refractivity contribution in [2.24, 2.45) is 0 Å². The number of benzene rings is 1. The summed E-state index contributed by atoms with van der Waals surface area (Å²) in [6.45, 7) is 4.68. The fraction of sp³-hybridized carbons (Fsp3) is 0.440. The van der Waals surface area contributed by atoms with E-state index in [2.05, 4.69) is 36.5 Å². The summed E-state index contributed by atoms with van der Waals surface area (Å²) in [6, 6.07) is 9.04. The van der Waals surface area contributed by atoms with E-state index in [1.165, 1.54) is 25.9 Å². The third kappa shape index (κ3) is 3.84. The molecule has 2 fully saturated rings. The number of nitrogen functional groups attached to an aromatic ring is 1. The molecule has 2 aliphatic rings. The van der Waals surface area contributed by atoms with Gasteiger partial charge in [-0.25, -0.2) is 19.6 Å². The van der Waals surface area contributed by atoms with Crippen molar-refractivity contribution >= 4 is 16.9 Å². The van der Waals surface area contributed by atoms with E-state index in [0.717, 1.165) is 53.8 Å². The molecule has 2 N–H and O–H groups in total. The molecular weight excluding hydrogens is 428 g/mol. The van der Waals surface area contributed by atoms with Crippen molar-refractivity contribution in [1.29, 1.82) is 0 Å². The second kappa shape index (κ2) is 8.81. The van der Waals surface area contributed by atoms with Crippen molar-refractivity contribution in [1.82, 2.24) is 34.5 Å². The van der Waals surface area contributed by atoms with Crippen LogP contribution >= 0.6 is 0 Å². The number of fused-ring (bicyclic) bond motifs is 1. The molecule has 0 spiro atoms. The number of hydrogen-bond acceptors (Lipinski definition) is 8. The molecule has 1 aliphatic heterocycles. The Hall–Kier alpha value is -3.30. The number of piperazine rings is 1. The van der Waals surface area contributed by atoms with Crippen LogP contribution in [0.25, 0.3) is 33.7 Å². The number of aromatic nitrogens is 5. The van der Waals surface area contributed by atoms with Crippen molar-refractivity contribution < 1.29 is 4.42 Å². The number of nitrogens with zero attached hydrogens (tertiary/aromatic N) is 7. The molecular formula is C25H30N8O. The van der Waals surface area contributed by atoms with Gasteiger partial charge in [0.1, 0.15) is 24.1 Å². The average molecular weight is 459 g/mol. The molecule has 9 nitrogen and oxygen atoms in total. The molecule has 1 aromatic carbocycles. The van der Waals surface area contributed by atoms with Crippen LogP contribution in [0.1, 0.15) is 31.7 Å². The van der Waals surface area contributed by atoms with Gasteiger partial charge in [-0.3, -0.25) is 4.90 Å². The first-order chi connectivity index (χ1) is 16.7. The van der Waals surface area contributed by atoms with Crippen molar-refractivity contribution in [3.05, 3.63) is 43.1 Å². The molecule has 0 unspecified atom stereocenters. The Balaban J connectivity index is 1.27. The molecule has 4 heterocycles. The molecule has 1 saturated heterocycles. The second-order valence-corrected chi connectivity index (χ2v) is 9.47. The maximum Gasteiger partial charge on any atom is 0.225 e. The zero-order chi connectivity index (χ0) is 23.1. The Labute approximate surface area is 198 Å². The molecule has 0 atom stereocenters. The Bertz CT molecular complexity index is 1250. The van der Waals surface area contributed by atoms with Gasteiger partial charge >= 0.3 is 0 Å². The highest BCUT2D eigenvalue weighted by Gasteiger charge is 2.30. The maximum absolute atomic E-state index is 6.34. The van der Waals surface area contributed by atoms with Crippen LogP contribution < -0.4 is 5.73 Å². The first-order valence-electron chi connectivity index (χ1n) is 12.1. The molecule has 0 bridgehead atoms. The zero-order valence-electron chi connectivity index (χ0n) is 19.5. The van der Waals surface area contributed by atoms with Crippen LogP contribution in [0, 0.1) is 0 Å². The number of anilines is 1. The first kappa shape index (κ1) is 21.2. The normalized spacial score (nSPS) is 22.4. The zero-order valence-corrected chi connectivity index (χ0v) is 19.5. The predicted octanol–water partition coefficient (Wildman–Crippen LogP) is 3.46. The maximum atomic E-state index is 6.34. The summed E-state index contributed by atoms with van der Waals surface area (Å²) in [5, 5.41) is 5.89. The van der Waals surface area contributed by atoms with Crippen LogP contribution in [0.3, 0.4) is 0 Å². The van der Waals surface area contributed by atoms with Crippen LogP contribution in [0.5, 0.6) is 0 Å². The van der Waals surface area contributed by atoms with Crippen molar-refractivity contribution in [2.75, 3.05) is 39.0 Å². The van der Waals surface area contributed by atoms with Gasteiger partial charge in [-0.05, 0) is 44.9 Å². The summed E-state index contributed by atoms with van der Waals surface area (Å²) < 4.78 is 7.52. The quantitative estimate of drug-likeness (QED) is 0.496. The lowest BCUT2D eigenvalue weighted by Gasteiger charge is -2.41. The summed E-state index contributed by atoms with van der Waals surface area (Å²) in [7, 11) is 2.21. The van der Waals surface area contributed by atoms with Gasteiger partial charge < -0.3 is 15.1 Å². The Morgan fingerprint density at radius 3 is 2.29 bits per heavy atom. The Kier molecular flexibility index (Phi) is 5.50. The highest BCUT2D eigenvalue weighted by atomic mass is 16.3. The van der Waals surface area contributed by atoms with Crippen molar-refractivity contribution in [3.8, 4) is 22.7 Å². The average Bonchev–Trinajstić information content (AvgIpc) is 3.54. The SMILES string of the molecule is CN1CCN(C2CCC(n3nc(-c4ccc(-c5ncco5)cc4)c4c(N)ncnc43)CC2)CC1. The van der Waals surface area contributed by atoms with E-state index >= 15 is 0 Å². The smallest absolute Gasteiger partial charge is 0.225 e. The molecule has 34 heavy (non-hydrogen) atoms. The lowest BCUT2D eigenvalue weighted by molar-refractivity contribution is 0.0815. The molecule has 1 saturated carbocycles. The number of oxazole rings is 1. The van der Waals surface area contributed by atoms with Gasteiger partial charge in [-0.15, -0.1) is 0 Å². The second-order valence-electron chi connectivity index (χ2n) is 9.47. The summed E-state index contributed by atoms with van der Waals surface area (Å²) in [6.07, 6.45) is 9.35. The summed E-state index contributed by atoms with van der Waals surface area (Å²) in [5.74, 6) is 1.07. The molecule has 9 heteroatoms. The van der Waals surface area contributed by atoms with Gasteiger partial charge in [-0.1, -0.05) is 12.1 Å². The first-order valence-corrected chi connectivity index (χ1v) is 12.1. The largest absolute Gasteiger partial charge is 0.445 e. The van der Waals surface area contributed by atoms with Crippen LogP contribution in [-0.2, 0) is 0 Å². The van der Waals surface area contributed by atoms with Crippen LogP contribution in [0.2, 0.25) is 0 Å². The predicted molar refractivity (Wildman–Crippen MR) is 131 cm³/mol. The van der Waals surface area contributed by atoms with Gasteiger partial charge in [0, 0.05) is 43.3 Å². The lowest BCUT2D eigenvalue weighted by atomic mass is 9.90. The van der Waals surface area contributed by atoms with Crippen LogP contribution in [0.4, 0.5) is 5.82 Å².